The number of rotatable bonds is 3. The van der Waals surface area contributed by atoms with E-state index in [0.29, 0.717) is 11.3 Å². The Kier molecular flexibility index (Phi) is 3.67. The summed E-state index contributed by atoms with van der Waals surface area (Å²) < 4.78 is 5.26. The van der Waals surface area contributed by atoms with E-state index in [4.69, 9.17) is 4.52 Å². The number of benzene rings is 2. The maximum Gasteiger partial charge on any atom is 0.230 e. The largest absolute Gasteiger partial charge is 0.356 e. The average molecular weight is 294 g/mol. The molecule has 1 aromatic heterocycles. The second kappa shape index (κ2) is 5.64. The fourth-order valence-electron chi connectivity index (χ4n) is 2.41. The van der Waals surface area contributed by atoms with Gasteiger partial charge in [0.25, 0.3) is 0 Å². The normalized spacial score (nSPS) is 10.9. The van der Waals surface area contributed by atoms with Crippen LogP contribution in [0.25, 0.3) is 11.0 Å². The number of hydrogen-bond acceptors (Lipinski definition) is 3. The molecule has 0 fully saturated rings. The van der Waals surface area contributed by atoms with Gasteiger partial charge in [-0.3, -0.25) is 4.79 Å². The molecule has 2 aromatic carbocycles. The minimum atomic E-state index is -0.0973. The van der Waals surface area contributed by atoms with Crippen LogP contribution in [0.2, 0.25) is 0 Å². The van der Waals surface area contributed by atoms with Crippen LogP contribution in [0.3, 0.4) is 0 Å². The van der Waals surface area contributed by atoms with Crippen LogP contribution in [0, 0.1) is 20.8 Å². The Labute approximate surface area is 129 Å². The van der Waals surface area contributed by atoms with Crippen molar-refractivity contribution in [2.75, 3.05) is 5.32 Å². The molecule has 1 heterocycles. The van der Waals surface area contributed by atoms with E-state index in [1.165, 1.54) is 5.56 Å². The van der Waals surface area contributed by atoms with Gasteiger partial charge >= 0.3 is 0 Å². The number of hydrogen-bond donors (Lipinski definition) is 1. The standard InChI is InChI=1S/C18H18N2O2/c1-11-4-7-17-15(8-11)16(20-22-17)10-18(21)19-14-6-5-12(2)13(3)9-14/h4-9H,10H2,1-3H3,(H,19,21). The molecule has 0 aliphatic rings. The molecule has 0 saturated carbocycles. The van der Waals surface area contributed by atoms with E-state index in [-0.39, 0.29) is 12.3 Å². The number of anilines is 1. The van der Waals surface area contributed by atoms with Crippen molar-refractivity contribution in [1.29, 1.82) is 0 Å². The summed E-state index contributed by atoms with van der Waals surface area (Å²) in [5, 5.41) is 7.82. The van der Waals surface area contributed by atoms with Gasteiger partial charge < -0.3 is 9.84 Å². The molecule has 0 radical (unpaired) electrons. The van der Waals surface area contributed by atoms with Crippen molar-refractivity contribution in [2.24, 2.45) is 0 Å². The zero-order chi connectivity index (χ0) is 15.7. The van der Waals surface area contributed by atoms with E-state index in [9.17, 15) is 4.79 Å². The molecule has 4 heteroatoms. The quantitative estimate of drug-likeness (QED) is 0.796. The Morgan fingerprint density at radius 1 is 1.09 bits per heavy atom. The molecule has 0 atom stereocenters. The van der Waals surface area contributed by atoms with Crippen molar-refractivity contribution >= 4 is 22.6 Å². The highest BCUT2D eigenvalue weighted by Gasteiger charge is 2.13. The maximum atomic E-state index is 12.2. The zero-order valence-corrected chi connectivity index (χ0v) is 12.9. The number of aromatic nitrogens is 1. The Balaban J connectivity index is 1.78. The first-order valence-corrected chi connectivity index (χ1v) is 7.25. The molecule has 0 unspecified atom stereocenters. The molecule has 0 spiro atoms. The number of carbonyl (C=O) groups is 1. The molecular weight excluding hydrogens is 276 g/mol. The summed E-state index contributed by atoms with van der Waals surface area (Å²) in [6, 6.07) is 11.7. The van der Waals surface area contributed by atoms with Crippen LogP contribution in [0.5, 0.6) is 0 Å². The molecule has 22 heavy (non-hydrogen) atoms. The molecule has 1 N–H and O–H groups in total. The van der Waals surface area contributed by atoms with Crippen LogP contribution < -0.4 is 5.32 Å². The molecule has 112 valence electrons. The third-order valence-corrected chi connectivity index (χ3v) is 3.82. The number of aryl methyl sites for hydroxylation is 3. The highest BCUT2D eigenvalue weighted by Crippen LogP contribution is 2.21. The predicted octanol–water partition coefficient (Wildman–Crippen LogP) is 3.93. The topological polar surface area (TPSA) is 55.1 Å². The highest BCUT2D eigenvalue weighted by molar-refractivity contribution is 5.94. The summed E-state index contributed by atoms with van der Waals surface area (Å²) in [5.41, 5.74) is 5.65. The lowest BCUT2D eigenvalue weighted by atomic mass is 10.1. The van der Waals surface area contributed by atoms with Crippen LogP contribution in [-0.2, 0) is 11.2 Å². The van der Waals surface area contributed by atoms with Crippen molar-refractivity contribution in [3.8, 4) is 0 Å². The maximum absolute atomic E-state index is 12.2. The Morgan fingerprint density at radius 3 is 2.68 bits per heavy atom. The van der Waals surface area contributed by atoms with Crippen molar-refractivity contribution in [1.82, 2.24) is 5.16 Å². The van der Waals surface area contributed by atoms with E-state index in [2.05, 4.69) is 10.5 Å². The monoisotopic (exact) mass is 294 g/mol. The fourth-order valence-corrected chi connectivity index (χ4v) is 2.41. The van der Waals surface area contributed by atoms with Crippen LogP contribution in [0.1, 0.15) is 22.4 Å². The lowest BCUT2D eigenvalue weighted by molar-refractivity contribution is -0.115. The SMILES string of the molecule is Cc1ccc2onc(CC(=O)Nc3ccc(C)c(C)c3)c2c1. The Hall–Kier alpha value is -2.62. The van der Waals surface area contributed by atoms with Crippen molar-refractivity contribution in [3.63, 3.8) is 0 Å². The third-order valence-electron chi connectivity index (χ3n) is 3.82. The zero-order valence-electron chi connectivity index (χ0n) is 12.9. The van der Waals surface area contributed by atoms with Gasteiger partial charge in [0.15, 0.2) is 5.58 Å². The second-order valence-corrected chi connectivity index (χ2v) is 5.65. The van der Waals surface area contributed by atoms with Gasteiger partial charge in [-0.25, -0.2) is 0 Å². The molecule has 1 amide bonds. The van der Waals surface area contributed by atoms with Crippen LogP contribution >= 0.6 is 0 Å². The number of nitrogens with zero attached hydrogens (tertiary/aromatic N) is 1. The van der Waals surface area contributed by atoms with Crippen molar-refractivity contribution in [2.45, 2.75) is 27.2 Å². The van der Waals surface area contributed by atoms with Crippen LogP contribution in [-0.4, -0.2) is 11.1 Å². The molecule has 0 aliphatic heterocycles. The Morgan fingerprint density at radius 2 is 1.91 bits per heavy atom. The van der Waals surface area contributed by atoms with E-state index >= 15 is 0 Å². The highest BCUT2D eigenvalue weighted by atomic mass is 16.5. The van der Waals surface area contributed by atoms with Gasteiger partial charge in [0.2, 0.25) is 5.91 Å². The van der Waals surface area contributed by atoms with Gasteiger partial charge in [0, 0.05) is 11.1 Å². The lowest BCUT2D eigenvalue weighted by Crippen LogP contribution is -2.14. The first-order valence-electron chi connectivity index (χ1n) is 7.25. The summed E-state index contributed by atoms with van der Waals surface area (Å²) in [4.78, 5) is 12.2. The lowest BCUT2D eigenvalue weighted by Gasteiger charge is -2.07. The first-order chi connectivity index (χ1) is 10.5. The number of amides is 1. The summed E-state index contributed by atoms with van der Waals surface area (Å²) in [7, 11) is 0. The summed E-state index contributed by atoms with van der Waals surface area (Å²) in [6.07, 6.45) is 0.198. The van der Waals surface area contributed by atoms with E-state index in [1.54, 1.807) is 0 Å². The number of carbonyl (C=O) groups excluding carboxylic acids is 1. The van der Waals surface area contributed by atoms with Crippen molar-refractivity contribution < 1.29 is 9.32 Å². The van der Waals surface area contributed by atoms with Gasteiger partial charge in [0.1, 0.15) is 5.69 Å². The molecule has 3 rings (SSSR count). The molecule has 0 aliphatic carbocycles. The van der Waals surface area contributed by atoms with E-state index < -0.39 is 0 Å². The first kappa shape index (κ1) is 14.3. The molecule has 4 nitrogen and oxygen atoms in total. The average Bonchev–Trinajstić information content (AvgIpc) is 2.85. The number of nitrogens with one attached hydrogen (secondary N) is 1. The third kappa shape index (κ3) is 2.86. The van der Waals surface area contributed by atoms with Gasteiger partial charge in [-0.05, 0) is 56.2 Å². The van der Waals surface area contributed by atoms with Crippen LogP contribution in [0.15, 0.2) is 40.9 Å². The fraction of sp³-hybridized carbons (Fsp3) is 0.222. The smallest absolute Gasteiger partial charge is 0.230 e. The summed E-state index contributed by atoms with van der Waals surface area (Å²) >= 11 is 0. The van der Waals surface area contributed by atoms with E-state index in [0.717, 1.165) is 22.2 Å². The molecule has 0 saturated heterocycles. The van der Waals surface area contributed by atoms with Crippen LogP contribution in [0.4, 0.5) is 5.69 Å². The van der Waals surface area contributed by atoms with Gasteiger partial charge in [0.05, 0.1) is 6.42 Å². The molecule has 3 aromatic rings. The minimum absolute atomic E-state index is 0.0973. The van der Waals surface area contributed by atoms with Gasteiger partial charge in [-0.1, -0.05) is 22.9 Å². The Bertz CT molecular complexity index is 849. The van der Waals surface area contributed by atoms with Gasteiger partial charge in [-0.2, -0.15) is 0 Å². The van der Waals surface area contributed by atoms with Gasteiger partial charge in [-0.15, -0.1) is 0 Å². The van der Waals surface area contributed by atoms with Crippen molar-refractivity contribution in [3.05, 3.63) is 58.8 Å². The second-order valence-electron chi connectivity index (χ2n) is 5.65. The predicted molar refractivity (Wildman–Crippen MR) is 87.0 cm³/mol. The minimum Gasteiger partial charge on any atom is -0.356 e. The summed E-state index contributed by atoms with van der Waals surface area (Å²) in [6.45, 7) is 6.08. The molecular formula is C18H18N2O2. The molecule has 0 bridgehead atoms. The van der Waals surface area contributed by atoms with E-state index in [1.807, 2.05) is 57.2 Å². The summed E-state index contributed by atoms with van der Waals surface area (Å²) in [5.74, 6) is -0.0973. The number of fused-ring (bicyclic) bond motifs is 1.